The molecule has 0 aliphatic carbocycles. The lowest BCUT2D eigenvalue weighted by Crippen LogP contribution is -2.53. The fraction of sp³-hybridized carbons (Fsp3) is 0.538. The monoisotopic (exact) mass is 434 g/mol. The first-order chi connectivity index (χ1) is 9.55. The zero-order valence-electron chi connectivity index (χ0n) is 12.1. The molecule has 1 saturated heterocycles. The number of rotatable bonds is 2. The molecule has 1 aromatic carbocycles. The number of benzene rings is 1. The second-order valence-electron chi connectivity index (χ2n) is 5.92. The summed E-state index contributed by atoms with van der Waals surface area (Å²) in [6.07, 6.45) is 0.572. The summed E-state index contributed by atoms with van der Waals surface area (Å²) in [7, 11) is -3.80. The Bertz CT molecular complexity index is 647. The Morgan fingerprint density at radius 3 is 2.55 bits per heavy atom. The van der Waals surface area contributed by atoms with Gasteiger partial charge in [-0.3, -0.25) is 0 Å². The third-order valence-electron chi connectivity index (χ3n) is 3.84. The van der Waals surface area contributed by atoms with Crippen LogP contribution < -0.4 is 5.73 Å². The molecule has 1 aromatic rings. The largest absolute Gasteiger partial charge is 0.327 e. The smallest absolute Gasteiger partial charge is 0.245 e. The minimum Gasteiger partial charge on any atom is -0.327 e. The molecule has 2 N–H and O–H groups in total. The molecule has 126 valence electrons. The molecule has 4 nitrogen and oxygen atoms in total. The number of sulfonamides is 1. The number of hydrogen-bond acceptors (Lipinski definition) is 3. The molecule has 0 saturated carbocycles. The van der Waals surface area contributed by atoms with Crippen molar-refractivity contribution in [3.05, 3.63) is 27.4 Å². The molecule has 0 spiro atoms. The zero-order chi connectivity index (χ0) is 16.0. The minimum atomic E-state index is -3.80. The SMILES string of the molecule is CC1(C)CN(S(=O)(=O)c2c(Cl)cc(F)cc2Br)CCC1N.Cl. The average Bonchev–Trinajstić information content (AvgIpc) is 2.30. The zero-order valence-corrected chi connectivity index (χ0v) is 16.1. The van der Waals surface area contributed by atoms with E-state index in [9.17, 15) is 12.8 Å². The molecule has 0 amide bonds. The molecule has 2 rings (SSSR count). The molecule has 1 fully saturated rings. The number of nitrogens with two attached hydrogens (primary N) is 1. The highest BCUT2D eigenvalue weighted by atomic mass is 79.9. The molecule has 1 heterocycles. The van der Waals surface area contributed by atoms with Crippen molar-refractivity contribution >= 4 is 50.0 Å². The van der Waals surface area contributed by atoms with Crippen LogP contribution >= 0.6 is 39.9 Å². The first kappa shape index (κ1) is 20.1. The summed E-state index contributed by atoms with van der Waals surface area (Å²) in [6.45, 7) is 4.49. The fourth-order valence-corrected chi connectivity index (χ4v) is 5.81. The van der Waals surface area contributed by atoms with E-state index < -0.39 is 15.8 Å². The molecule has 0 radical (unpaired) electrons. The quantitative estimate of drug-likeness (QED) is 0.773. The summed E-state index contributed by atoms with van der Waals surface area (Å²) in [5.74, 6) is -0.591. The van der Waals surface area contributed by atoms with Crippen molar-refractivity contribution in [1.29, 1.82) is 0 Å². The van der Waals surface area contributed by atoms with Gasteiger partial charge in [0.2, 0.25) is 10.0 Å². The maximum Gasteiger partial charge on any atom is 0.245 e. The van der Waals surface area contributed by atoms with Gasteiger partial charge >= 0.3 is 0 Å². The number of nitrogens with zero attached hydrogens (tertiary/aromatic N) is 1. The van der Waals surface area contributed by atoms with Gasteiger partial charge in [-0.15, -0.1) is 12.4 Å². The van der Waals surface area contributed by atoms with Crippen molar-refractivity contribution in [2.24, 2.45) is 11.1 Å². The van der Waals surface area contributed by atoms with Crippen LogP contribution in [-0.2, 0) is 10.0 Å². The molecule has 1 unspecified atom stereocenters. The molecular formula is C13H18BrCl2FN2O2S. The van der Waals surface area contributed by atoms with E-state index in [1.165, 1.54) is 4.31 Å². The first-order valence-corrected chi connectivity index (χ1v) is 9.07. The lowest BCUT2D eigenvalue weighted by Gasteiger charge is -2.41. The second-order valence-corrected chi connectivity index (χ2v) is 9.06. The van der Waals surface area contributed by atoms with E-state index in [4.69, 9.17) is 17.3 Å². The Morgan fingerprint density at radius 2 is 2.05 bits per heavy atom. The van der Waals surface area contributed by atoms with Gasteiger partial charge in [-0.25, -0.2) is 12.8 Å². The van der Waals surface area contributed by atoms with E-state index >= 15 is 0 Å². The van der Waals surface area contributed by atoms with E-state index in [1.54, 1.807) is 0 Å². The Kier molecular flexibility index (Phi) is 6.32. The Labute approximate surface area is 149 Å². The molecular weight excluding hydrogens is 418 g/mol. The Morgan fingerprint density at radius 1 is 1.45 bits per heavy atom. The molecule has 1 aliphatic rings. The Hall–Kier alpha value is 0.0800. The van der Waals surface area contributed by atoms with Gasteiger partial charge < -0.3 is 5.73 Å². The van der Waals surface area contributed by atoms with Gasteiger partial charge in [0.05, 0.1) is 5.02 Å². The molecule has 9 heteroatoms. The second kappa shape index (κ2) is 6.91. The average molecular weight is 436 g/mol. The van der Waals surface area contributed by atoms with Crippen LogP contribution in [0.2, 0.25) is 5.02 Å². The van der Waals surface area contributed by atoms with Gasteiger partial charge in [-0.1, -0.05) is 25.4 Å². The highest BCUT2D eigenvalue weighted by Crippen LogP contribution is 2.36. The van der Waals surface area contributed by atoms with Crippen molar-refractivity contribution in [2.45, 2.75) is 31.2 Å². The summed E-state index contributed by atoms with van der Waals surface area (Å²) in [6, 6.07) is 2.04. The standard InChI is InChI=1S/C13H17BrClFN2O2S.ClH/c1-13(2)7-18(4-3-11(13)17)21(19,20)12-9(14)5-8(16)6-10(12)15;/h5-6,11H,3-4,7,17H2,1-2H3;1H. The fourth-order valence-electron chi connectivity index (χ4n) is 2.43. The van der Waals surface area contributed by atoms with Crippen LogP contribution in [0.3, 0.4) is 0 Å². The lowest BCUT2D eigenvalue weighted by molar-refractivity contribution is 0.155. The molecule has 22 heavy (non-hydrogen) atoms. The summed E-state index contributed by atoms with van der Waals surface area (Å²) in [4.78, 5) is -0.100. The molecule has 0 bridgehead atoms. The van der Waals surface area contributed by atoms with E-state index in [0.29, 0.717) is 19.5 Å². The normalized spacial score (nSPS) is 22.2. The van der Waals surface area contributed by atoms with Crippen LogP contribution in [-0.4, -0.2) is 31.9 Å². The van der Waals surface area contributed by atoms with Crippen LogP contribution in [0.25, 0.3) is 0 Å². The van der Waals surface area contributed by atoms with Crippen LogP contribution in [0.5, 0.6) is 0 Å². The minimum absolute atomic E-state index is 0. The highest BCUT2D eigenvalue weighted by Gasteiger charge is 2.40. The lowest BCUT2D eigenvalue weighted by atomic mass is 9.81. The van der Waals surface area contributed by atoms with E-state index in [-0.39, 0.29) is 38.3 Å². The summed E-state index contributed by atoms with van der Waals surface area (Å²) < 4.78 is 40.3. The van der Waals surface area contributed by atoms with Crippen molar-refractivity contribution < 1.29 is 12.8 Å². The van der Waals surface area contributed by atoms with Crippen LogP contribution in [0.15, 0.2) is 21.5 Å². The topological polar surface area (TPSA) is 63.4 Å². The maximum absolute atomic E-state index is 13.3. The van der Waals surface area contributed by atoms with E-state index in [1.807, 2.05) is 13.8 Å². The van der Waals surface area contributed by atoms with Gasteiger partial charge in [0.25, 0.3) is 0 Å². The number of hydrogen-bond donors (Lipinski definition) is 1. The first-order valence-electron chi connectivity index (χ1n) is 6.46. The van der Waals surface area contributed by atoms with Crippen LogP contribution in [0.1, 0.15) is 20.3 Å². The van der Waals surface area contributed by atoms with Crippen LogP contribution in [0, 0.1) is 11.2 Å². The summed E-state index contributed by atoms with van der Waals surface area (Å²) >= 11 is 9.02. The molecule has 1 atom stereocenters. The van der Waals surface area contributed by atoms with Crippen LogP contribution in [0.4, 0.5) is 4.39 Å². The number of halogens is 4. The predicted molar refractivity (Wildman–Crippen MR) is 91.5 cm³/mol. The van der Waals surface area contributed by atoms with Gasteiger partial charge in [0, 0.05) is 23.6 Å². The molecule has 1 aliphatic heterocycles. The van der Waals surface area contributed by atoms with Gasteiger partial charge in [0.15, 0.2) is 0 Å². The maximum atomic E-state index is 13.3. The number of piperidine rings is 1. The van der Waals surface area contributed by atoms with E-state index in [0.717, 1.165) is 12.1 Å². The summed E-state index contributed by atoms with van der Waals surface area (Å²) in [5, 5.41) is -0.130. The third-order valence-corrected chi connectivity index (χ3v) is 7.08. The summed E-state index contributed by atoms with van der Waals surface area (Å²) in [5.41, 5.74) is 5.70. The van der Waals surface area contributed by atoms with Crippen molar-refractivity contribution in [1.82, 2.24) is 4.31 Å². The van der Waals surface area contributed by atoms with Gasteiger partial charge in [-0.05, 0) is 39.9 Å². The third kappa shape index (κ3) is 3.76. The Balaban J connectivity index is 0.00000242. The van der Waals surface area contributed by atoms with Crippen molar-refractivity contribution in [3.63, 3.8) is 0 Å². The van der Waals surface area contributed by atoms with Crippen molar-refractivity contribution in [2.75, 3.05) is 13.1 Å². The predicted octanol–water partition coefficient (Wildman–Crippen LogP) is 3.41. The highest BCUT2D eigenvalue weighted by molar-refractivity contribution is 9.10. The van der Waals surface area contributed by atoms with Gasteiger partial charge in [0.1, 0.15) is 10.7 Å². The van der Waals surface area contributed by atoms with Crippen molar-refractivity contribution in [3.8, 4) is 0 Å². The molecule has 0 aromatic heterocycles. The van der Waals surface area contributed by atoms with E-state index in [2.05, 4.69) is 15.9 Å². The van der Waals surface area contributed by atoms with Gasteiger partial charge in [-0.2, -0.15) is 4.31 Å².